The Morgan fingerprint density at radius 3 is 2.74 bits per heavy atom. The Kier molecular flexibility index (Phi) is 6.64. The molecule has 7 nitrogen and oxygen atoms in total. The van der Waals surface area contributed by atoms with E-state index in [-0.39, 0.29) is 5.97 Å². The zero-order valence-electron chi connectivity index (χ0n) is 18.7. The minimum atomic E-state index is -0.269. The molecule has 9 heteroatoms. The molecule has 168 valence electrons. The van der Waals surface area contributed by atoms with Gasteiger partial charge in [0, 0.05) is 56.4 Å². The second-order valence-corrected chi connectivity index (χ2v) is 10.1. The molecule has 2 aromatic heterocycles. The van der Waals surface area contributed by atoms with Crippen LogP contribution in [0.2, 0.25) is 0 Å². The summed E-state index contributed by atoms with van der Waals surface area (Å²) in [5, 5.41) is 9.35. The summed E-state index contributed by atoms with van der Waals surface area (Å²) in [6.07, 6.45) is 5.15. The molecule has 1 aliphatic heterocycles. The molecule has 2 aliphatic rings. The first-order valence-corrected chi connectivity index (χ1v) is 12.1. The fourth-order valence-electron chi connectivity index (χ4n) is 4.49. The third-order valence-electron chi connectivity index (χ3n) is 6.29. The van der Waals surface area contributed by atoms with Crippen LogP contribution in [0.15, 0.2) is 6.20 Å². The van der Waals surface area contributed by atoms with Crippen molar-refractivity contribution in [3.05, 3.63) is 33.5 Å². The van der Waals surface area contributed by atoms with Gasteiger partial charge in [-0.05, 0) is 49.9 Å². The Balaban J connectivity index is 1.40. The summed E-state index contributed by atoms with van der Waals surface area (Å²) < 4.78 is 6.97. The summed E-state index contributed by atoms with van der Waals surface area (Å²) in [5.41, 5.74) is 4.20. The van der Waals surface area contributed by atoms with Gasteiger partial charge in [0.25, 0.3) is 0 Å². The number of fused-ring (bicyclic) bond motifs is 1. The number of anilines is 1. The third kappa shape index (κ3) is 4.78. The molecule has 0 amide bonds. The van der Waals surface area contributed by atoms with Crippen molar-refractivity contribution in [3.63, 3.8) is 0 Å². The number of esters is 1. The van der Waals surface area contributed by atoms with E-state index in [9.17, 15) is 4.79 Å². The van der Waals surface area contributed by atoms with Gasteiger partial charge in [-0.2, -0.15) is 5.10 Å². The summed E-state index contributed by atoms with van der Waals surface area (Å²) in [5.74, 6) is 0.377. The number of carbonyl (C=O) groups is 1. The molecule has 4 rings (SSSR count). The fraction of sp³-hybridized carbons (Fsp3) is 0.591. The lowest BCUT2D eigenvalue weighted by molar-refractivity contribution is 0.0601. The van der Waals surface area contributed by atoms with Gasteiger partial charge in [-0.3, -0.25) is 9.58 Å². The quantitative estimate of drug-likeness (QED) is 0.554. The maximum absolute atomic E-state index is 12.5. The standard InChI is InChI=1S/C22H31N5O2S2/c1-14-5-6-17-18(11-14)31-20(19(17)21(28)29-4)23-22(30)27-9-7-26(8-10-27)13-16-12-25(3)24-15(16)2/h12,14H,5-11,13H2,1-4H3,(H,23,30). The monoisotopic (exact) mass is 461 g/mol. The van der Waals surface area contributed by atoms with Crippen LogP contribution in [0.25, 0.3) is 0 Å². The minimum Gasteiger partial charge on any atom is -0.465 e. The number of thiocarbonyl (C=S) groups is 1. The zero-order chi connectivity index (χ0) is 22.1. The van der Waals surface area contributed by atoms with Gasteiger partial charge in [0.1, 0.15) is 5.00 Å². The highest BCUT2D eigenvalue weighted by Crippen LogP contribution is 2.40. The number of hydrogen-bond acceptors (Lipinski definition) is 6. The number of thiophene rings is 1. The van der Waals surface area contributed by atoms with Gasteiger partial charge in [0.15, 0.2) is 5.11 Å². The third-order valence-corrected chi connectivity index (χ3v) is 7.82. The van der Waals surface area contributed by atoms with Gasteiger partial charge in [0.2, 0.25) is 0 Å². The van der Waals surface area contributed by atoms with Crippen molar-refractivity contribution in [2.24, 2.45) is 13.0 Å². The SMILES string of the molecule is COC(=O)c1c(NC(=S)N2CCN(Cc3cn(C)nc3C)CC2)sc2c1CCC(C)C2. The number of piperazine rings is 1. The van der Waals surface area contributed by atoms with Crippen molar-refractivity contribution in [3.8, 4) is 0 Å². The molecule has 1 fully saturated rings. The molecule has 0 radical (unpaired) electrons. The largest absolute Gasteiger partial charge is 0.465 e. The second kappa shape index (κ2) is 9.26. The molecule has 0 bridgehead atoms. The number of nitrogens with zero attached hydrogens (tertiary/aromatic N) is 4. The van der Waals surface area contributed by atoms with Crippen molar-refractivity contribution in [1.82, 2.24) is 19.6 Å². The Labute approximate surface area is 193 Å². The molecule has 1 saturated heterocycles. The minimum absolute atomic E-state index is 0.269. The number of aryl methyl sites for hydroxylation is 2. The van der Waals surface area contributed by atoms with E-state index >= 15 is 0 Å². The van der Waals surface area contributed by atoms with E-state index < -0.39 is 0 Å². The van der Waals surface area contributed by atoms with Crippen LogP contribution in [0.1, 0.15) is 45.4 Å². The number of aromatic nitrogens is 2. The first kappa shape index (κ1) is 22.2. The molecular formula is C22H31N5O2S2. The number of ether oxygens (including phenoxy) is 1. The summed E-state index contributed by atoms with van der Waals surface area (Å²) in [7, 11) is 3.41. The number of carbonyl (C=O) groups excluding carboxylic acids is 1. The predicted molar refractivity (Wildman–Crippen MR) is 128 cm³/mol. The number of hydrogen-bond donors (Lipinski definition) is 1. The van der Waals surface area contributed by atoms with Gasteiger partial charge >= 0.3 is 5.97 Å². The average Bonchev–Trinajstić information content (AvgIpc) is 3.25. The van der Waals surface area contributed by atoms with Crippen LogP contribution in [0.3, 0.4) is 0 Å². The Hall–Kier alpha value is -1.97. The van der Waals surface area contributed by atoms with Crippen LogP contribution in [-0.2, 0) is 31.2 Å². The molecule has 3 heterocycles. The smallest absolute Gasteiger partial charge is 0.341 e. The average molecular weight is 462 g/mol. The van der Waals surface area contributed by atoms with Crippen LogP contribution < -0.4 is 5.32 Å². The van der Waals surface area contributed by atoms with Crippen molar-refractivity contribution in [1.29, 1.82) is 0 Å². The molecule has 1 unspecified atom stereocenters. The topological polar surface area (TPSA) is 62.6 Å². The molecule has 1 atom stereocenters. The molecule has 0 aromatic carbocycles. The maximum atomic E-state index is 12.5. The van der Waals surface area contributed by atoms with Crippen molar-refractivity contribution in [2.45, 2.75) is 39.7 Å². The highest BCUT2D eigenvalue weighted by molar-refractivity contribution is 7.80. The van der Waals surface area contributed by atoms with Gasteiger partial charge in [-0.1, -0.05) is 6.92 Å². The normalized spacial score (nSPS) is 19.2. The Bertz CT molecular complexity index is 975. The summed E-state index contributed by atoms with van der Waals surface area (Å²) in [6.45, 7) is 8.85. The van der Waals surface area contributed by atoms with Gasteiger partial charge < -0.3 is 15.0 Å². The van der Waals surface area contributed by atoms with Crippen LogP contribution in [0, 0.1) is 12.8 Å². The van der Waals surface area contributed by atoms with Crippen LogP contribution in [0.4, 0.5) is 5.00 Å². The fourth-order valence-corrected chi connectivity index (χ4v) is 6.23. The van der Waals surface area contributed by atoms with Gasteiger partial charge in [-0.25, -0.2) is 4.79 Å². The number of methoxy groups -OCH3 is 1. The lowest BCUT2D eigenvalue weighted by Gasteiger charge is -2.36. The summed E-state index contributed by atoms with van der Waals surface area (Å²) in [4.78, 5) is 18.5. The second-order valence-electron chi connectivity index (χ2n) is 8.65. The highest BCUT2D eigenvalue weighted by Gasteiger charge is 2.29. The number of rotatable bonds is 4. The van der Waals surface area contributed by atoms with E-state index in [4.69, 9.17) is 17.0 Å². The van der Waals surface area contributed by atoms with E-state index in [1.807, 2.05) is 11.7 Å². The lowest BCUT2D eigenvalue weighted by atomic mass is 9.88. The maximum Gasteiger partial charge on any atom is 0.341 e. The van der Waals surface area contributed by atoms with Crippen LogP contribution >= 0.6 is 23.6 Å². The molecule has 0 spiro atoms. The molecule has 1 N–H and O–H groups in total. The molecule has 1 aliphatic carbocycles. The zero-order valence-corrected chi connectivity index (χ0v) is 20.4. The Morgan fingerprint density at radius 1 is 1.35 bits per heavy atom. The van der Waals surface area contributed by atoms with E-state index in [1.165, 1.54) is 17.6 Å². The number of nitrogens with one attached hydrogen (secondary N) is 1. The van der Waals surface area contributed by atoms with Crippen LogP contribution in [-0.4, -0.2) is 64.0 Å². The van der Waals surface area contributed by atoms with Gasteiger partial charge in [0.05, 0.1) is 18.4 Å². The van der Waals surface area contributed by atoms with Crippen molar-refractivity contribution in [2.75, 3.05) is 38.6 Å². The Morgan fingerprint density at radius 2 is 2.10 bits per heavy atom. The first-order chi connectivity index (χ1) is 14.9. The molecular weight excluding hydrogens is 430 g/mol. The van der Waals surface area contributed by atoms with E-state index in [0.29, 0.717) is 16.6 Å². The lowest BCUT2D eigenvalue weighted by Crippen LogP contribution is -2.49. The molecule has 31 heavy (non-hydrogen) atoms. The van der Waals surface area contributed by atoms with Crippen molar-refractivity contribution >= 4 is 39.6 Å². The molecule has 0 saturated carbocycles. The van der Waals surface area contributed by atoms with Crippen molar-refractivity contribution < 1.29 is 9.53 Å². The summed E-state index contributed by atoms with van der Waals surface area (Å²) >= 11 is 7.39. The highest BCUT2D eigenvalue weighted by atomic mass is 32.1. The molecule has 2 aromatic rings. The van der Waals surface area contributed by atoms with Crippen LogP contribution in [0.5, 0.6) is 0 Å². The van der Waals surface area contributed by atoms with E-state index in [0.717, 1.165) is 68.2 Å². The van der Waals surface area contributed by atoms with Gasteiger partial charge in [-0.15, -0.1) is 11.3 Å². The predicted octanol–water partition coefficient (Wildman–Crippen LogP) is 3.22. The van der Waals surface area contributed by atoms with E-state index in [2.05, 4.69) is 40.3 Å². The first-order valence-electron chi connectivity index (χ1n) is 10.9. The summed E-state index contributed by atoms with van der Waals surface area (Å²) in [6, 6.07) is 0. The van der Waals surface area contributed by atoms with E-state index in [1.54, 1.807) is 11.3 Å².